The Kier molecular flexibility index (Phi) is 5.76. The van der Waals surface area contributed by atoms with E-state index in [1.54, 1.807) is 0 Å². The highest BCUT2D eigenvalue weighted by molar-refractivity contribution is 6.07. The molecule has 0 spiro atoms. The quantitative estimate of drug-likeness (QED) is 0.690. The Morgan fingerprint density at radius 2 is 1.97 bits per heavy atom. The molecule has 0 saturated carbocycles. The van der Waals surface area contributed by atoms with Gasteiger partial charge in [0, 0.05) is 18.5 Å². The molecular formula is C24H27N3O2. The fraction of sp³-hybridized carbons (Fsp3) is 0.333. The molecule has 1 saturated heterocycles. The van der Waals surface area contributed by atoms with Crippen LogP contribution in [-0.2, 0) is 0 Å². The largest absolute Gasteiger partial charge is 0.391 e. The Morgan fingerprint density at radius 3 is 2.72 bits per heavy atom. The molecule has 1 aliphatic heterocycles. The van der Waals surface area contributed by atoms with Crippen LogP contribution < -0.4 is 10.2 Å². The number of amides is 1. The maximum absolute atomic E-state index is 13.3. The number of aliphatic hydroxyl groups excluding tert-OH is 1. The first-order chi connectivity index (χ1) is 14.2. The standard InChI is InChI=1S/C24H27N3O2/c1-2-21(17-9-4-3-5-10-17)26-24(29)20-15-23(27-14-8-11-18(28)16-27)25-22-13-7-6-12-19(20)22/h3-7,9-10,12-13,15,18,21,28H,2,8,11,14,16H2,1H3,(H,26,29)/t18?,21-/m0/s1. The van der Waals surface area contributed by atoms with E-state index in [1.807, 2.05) is 60.7 Å². The number of anilines is 1. The number of pyridine rings is 1. The van der Waals surface area contributed by atoms with Gasteiger partial charge in [0.05, 0.1) is 23.2 Å². The summed E-state index contributed by atoms with van der Waals surface area (Å²) in [5.74, 6) is 0.651. The topological polar surface area (TPSA) is 65.5 Å². The summed E-state index contributed by atoms with van der Waals surface area (Å²) in [5.41, 5.74) is 2.52. The first kappa shape index (κ1) is 19.4. The first-order valence-electron chi connectivity index (χ1n) is 10.3. The second kappa shape index (κ2) is 8.62. The molecule has 5 nitrogen and oxygen atoms in total. The summed E-state index contributed by atoms with van der Waals surface area (Å²) >= 11 is 0. The number of nitrogens with one attached hydrogen (secondary N) is 1. The van der Waals surface area contributed by atoms with Crippen molar-refractivity contribution in [2.24, 2.45) is 0 Å². The fourth-order valence-electron chi connectivity index (χ4n) is 4.02. The zero-order valence-corrected chi connectivity index (χ0v) is 16.7. The summed E-state index contributed by atoms with van der Waals surface area (Å²) in [5, 5.41) is 14.1. The maximum atomic E-state index is 13.3. The van der Waals surface area contributed by atoms with E-state index in [0.29, 0.717) is 12.1 Å². The molecule has 2 aromatic carbocycles. The predicted octanol–water partition coefficient (Wildman–Crippen LogP) is 4.08. The second-order valence-corrected chi connectivity index (χ2v) is 7.63. The van der Waals surface area contributed by atoms with E-state index in [9.17, 15) is 9.90 Å². The van der Waals surface area contributed by atoms with Gasteiger partial charge in [0.2, 0.25) is 0 Å². The number of nitrogens with zero attached hydrogens (tertiary/aromatic N) is 2. The molecule has 1 aliphatic rings. The fourth-order valence-corrected chi connectivity index (χ4v) is 4.02. The summed E-state index contributed by atoms with van der Waals surface area (Å²) in [6, 6.07) is 19.6. The number of carbonyl (C=O) groups is 1. The van der Waals surface area contributed by atoms with Crippen molar-refractivity contribution >= 4 is 22.6 Å². The Morgan fingerprint density at radius 1 is 1.21 bits per heavy atom. The van der Waals surface area contributed by atoms with Crippen molar-refractivity contribution in [3.8, 4) is 0 Å². The number of hydrogen-bond donors (Lipinski definition) is 2. The van der Waals surface area contributed by atoms with Gasteiger partial charge in [0.25, 0.3) is 5.91 Å². The Hall–Kier alpha value is -2.92. The molecule has 1 unspecified atom stereocenters. The first-order valence-corrected chi connectivity index (χ1v) is 10.3. The van der Waals surface area contributed by atoms with Crippen molar-refractivity contribution in [3.63, 3.8) is 0 Å². The molecule has 0 bridgehead atoms. The van der Waals surface area contributed by atoms with Gasteiger partial charge in [-0.05, 0) is 37.0 Å². The molecule has 2 heterocycles. The van der Waals surface area contributed by atoms with E-state index >= 15 is 0 Å². The number of carbonyl (C=O) groups excluding carboxylic acids is 1. The molecule has 3 aromatic rings. The third kappa shape index (κ3) is 4.25. The van der Waals surface area contributed by atoms with Gasteiger partial charge in [-0.2, -0.15) is 0 Å². The van der Waals surface area contributed by atoms with Crippen LogP contribution in [0.5, 0.6) is 0 Å². The highest BCUT2D eigenvalue weighted by atomic mass is 16.3. The van der Waals surface area contributed by atoms with Crippen LogP contribution in [0.3, 0.4) is 0 Å². The van der Waals surface area contributed by atoms with Crippen LogP contribution in [0.2, 0.25) is 0 Å². The van der Waals surface area contributed by atoms with Crippen LogP contribution >= 0.6 is 0 Å². The molecular weight excluding hydrogens is 362 g/mol. The molecule has 1 amide bonds. The van der Waals surface area contributed by atoms with Gasteiger partial charge in [0.1, 0.15) is 5.82 Å². The number of hydrogen-bond acceptors (Lipinski definition) is 4. The Bertz CT molecular complexity index is 990. The van der Waals surface area contributed by atoms with E-state index in [1.165, 1.54) is 0 Å². The normalized spacial score (nSPS) is 17.9. The van der Waals surface area contributed by atoms with Crippen LogP contribution in [0.15, 0.2) is 60.7 Å². The van der Waals surface area contributed by atoms with Crippen molar-refractivity contribution in [2.75, 3.05) is 18.0 Å². The number of aromatic nitrogens is 1. The average Bonchev–Trinajstić information content (AvgIpc) is 2.77. The van der Waals surface area contributed by atoms with E-state index in [-0.39, 0.29) is 18.1 Å². The lowest BCUT2D eigenvalue weighted by atomic mass is 10.0. The van der Waals surface area contributed by atoms with Crippen LogP contribution in [0, 0.1) is 0 Å². The monoisotopic (exact) mass is 389 g/mol. The van der Waals surface area contributed by atoms with E-state index in [4.69, 9.17) is 4.98 Å². The van der Waals surface area contributed by atoms with Crippen molar-refractivity contribution in [1.29, 1.82) is 0 Å². The highest BCUT2D eigenvalue weighted by Crippen LogP contribution is 2.26. The maximum Gasteiger partial charge on any atom is 0.252 e. The minimum Gasteiger partial charge on any atom is -0.391 e. The highest BCUT2D eigenvalue weighted by Gasteiger charge is 2.22. The van der Waals surface area contributed by atoms with Gasteiger partial charge < -0.3 is 15.3 Å². The number of para-hydroxylation sites is 1. The average molecular weight is 389 g/mol. The van der Waals surface area contributed by atoms with Gasteiger partial charge in [-0.1, -0.05) is 55.5 Å². The van der Waals surface area contributed by atoms with E-state index < -0.39 is 0 Å². The number of piperidine rings is 1. The molecule has 150 valence electrons. The molecule has 5 heteroatoms. The number of rotatable bonds is 5. The lowest BCUT2D eigenvalue weighted by Crippen LogP contribution is -2.39. The minimum absolute atomic E-state index is 0.0455. The van der Waals surface area contributed by atoms with E-state index in [2.05, 4.69) is 17.1 Å². The molecule has 1 aromatic heterocycles. The SMILES string of the molecule is CC[C@H](NC(=O)c1cc(N2CCCC(O)C2)nc2ccccc12)c1ccccc1. The molecule has 0 radical (unpaired) electrons. The summed E-state index contributed by atoms with van der Waals surface area (Å²) in [7, 11) is 0. The molecule has 4 rings (SSSR count). The lowest BCUT2D eigenvalue weighted by molar-refractivity contribution is 0.0937. The van der Waals surface area contributed by atoms with Crippen molar-refractivity contribution < 1.29 is 9.90 Å². The van der Waals surface area contributed by atoms with Crippen molar-refractivity contribution in [3.05, 3.63) is 71.8 Å². The third-order valence-corrected chi connectivity index (χ3v) is 5.58. The van der Waals surface area contributed by atoms with Crippen LogP contribution in [-0.4, -0.2) is 35.2 Å². The van der Waals surface area contributed by atoms with Crippen LogP contribution in [0.25, 0.3) is 10.9 Å². The number of aliphatic hydroxyl groups is 1. The van der Waals surface area contributed by atoms with Crippen LogP contribution in [0.4, 0.5) is 5.82 Å². The van der Waals surface area contributed by atoms with Gasteiger partial charge in [-0.15, -0.1) is 0 Å². The molecule has 2 N–H and O–H groups in total. The zero-order valence-electron chi connectivity index (χ0n) is 16.7. The smallest absolute Gasteiger partial charge is 0.252 e. The molecule has 0 aliphatic carbocycles. The van der Waals surface area contributed by atoms with Gasteiger partial charge >= 0.3 is 0 Å². The van der Waals surface area contributed by atoms with Gasteiger partial charge in [0.15, 0.2) is 0 Å². The minimum atomic E-state index is -0.350. The summed E-state index contributed by atoms with van der Waals surface area (Å²) < 4.78 is 0. The Labute approximate surface area is 171 Å². The van der Waals surface area contributed by atoms with Crippen molar-refractivity contribution in [1.82, 2.24) is 10.3 Å². The predicted molar refractivity (Wildman–Crippen MR) is 116 cm³/mol. The Balaban J connectivity index is 1.68. The second-order valence-electron chi connectivity index (χ2n) is 7.63. The molecule has 2 atom stereocenters. The lowest BCUT2D eigenvalue weighted by Gasteiger charge is -2.31. The van der Waals surface area contributed by atoms with Gasteiger partial charge in [-0.3, -0.25) is 4.79 Å². The number of fused-ring (bicyclic) bond motifs is 1. The summed E-state index contributed by atoms with van der Waals surface area (Å²) in [6.45, 7) is 3.46. The molecule has 1 fully saturated rings. The summed E-state index contributed by atoms with van der Waals surface area (Å²) in [4.78, 5) is 20.1. The van der Waals surface area contributed by atoms with Crippen molar-refractivity contribution in [2.45, 2.75) is 38.3 Å². The number of β-amino-alcohol motifs (C(OH)–C–C–N with tert-alkyl or cyclic N) is 1. The zero-order chi connectivity index (χ0) is 20.2. The van der Waals surface area contributed by atoms with Crippen LogP contribution in [0.1, 0.15) is 48.1 Å². The van der Waals surface area contributed by atoms with E-state index in [0.717, 1.165) is 48.1 Å². The third-order valence-electron chi connectivity index (χ3n) is 5.58. The summed E-state index contributed by atoms with van der Waals surface area (Å²) in [6.07, 6.45) is 2.19. The molecule has 29 heavy (non-hydrogen) atoms. The number of benzene rings is 2. The van der Waals surface area contributed by atoms with Gasteiger partial charge in [-0.25, -0.2) is 4.98 Å².